The molecule has 0 radical (unpaired) electrons. The number of benzene rings is 1. The minimum Gasteiger partial charge on any atom is -0.495 e. The van der Waals surface area contributed by atoms with Crippen LogP contribution in [-0.4, -0.2) is 18.2 Å². The number of carboxylic acids is 1. The van der Waals surface area contributed by atoms with E-state index in [9.17, 15) is 4.79 Å². The lowest BCUT2D eigenvalue weighted by Gasteiger charge is -2.15. The highest BCUT2D eigenvalue weighted by Gasteiger charge is 2.12. The minimum absolute atomic E-state index is 0.182. The molecule has 0 atom stereocenters. The van der Waals surface area contributed by atoms with Gasteiger partial charge >= 0.3 is 5.97 Å². The van der Waals surface area contributed by atoms with E-state index in [0.717, 1.165) is 12.0 Å². The van der Waals surface area contributed by atoms with Crippen LogP contribution < -0.4 is 4.74 Å². The maximum Gasteiger partial charge on any atom is 0.303 e. The van der Waals surface area contributed by atoms with Crippen LogP contribution >= 0.6 is 11.6 Å². The summed E-state index contributed by atoms with van der Waals surface area (Å²) in [6, 6.07) is 3.83. The van der Waals surface area contributed by atoms with E-state index in [4.69, 9.17) is 21.4 Å². The van der Waals surface area contributed by atoms with Crippen molar-refractivity contribution in [1.82, 2.24) is 0 Å². The van der Waals surface area contributed by atoms with Gasteiger partial charge in [-0.25, -0.2) is 0 Å². The van der Waals surface area contributed by atoms with Crippen LogP contribution in [0, 0.1) is 0 Å². The maximum absolute atomic E-state index is 10.5. The molecule has 1 N–H and O–H groups in total. The number of methoxy groups -OCH3 is 1. The predicted molar refractivity (Wildman–Crippen MR) is 72.7 cm³/mol. The lowest BCUT2D eigenvalue weighted by molar-refractivity contribution is -0.137. The Kier molecular flexibility index (Phi) is 5.48. The number of ether oxygens (including phenoxy) is 1. The summed E-state index contributed by atoms with van der Waals surface area (Å²) < 4.78 is 5.21. The van der Waals surface area contributed by atoms with E-state index in [-0.39, 0.29) is 6.42 Å². The van der Waals surface area contributed by atoms with Gasteiger partial charge in [0.2, 0.25) is 0 Å². The number of hydrogen-bond donors (Lipinski definition) is 1. The zero-order valence-electron chi connectivity index (χ0n) is 11.0. The first-order chi connectivity index (χ1) is 8.45. The normalized spacial score (nSPS) is 10.7. The van der Waals surface area contributed by atoms with Gasteiger partial charge in [0.25, 0.3) is 0 Å². The Morgan fingerprint density at radius 1 is 1.44 bits per heavy atom. The van der Waals surface area contributed by atoms with Gasteiger partial charge in [0.05, 0.1) is 12.1 Å². The van der Waals surface area contributed by atoms with E-state index in [1.54, 1.807) is 7.11 Å². The van der Waals surface area contributed by atoms with Gasteiger partial charge in [-0.15, -0.1) is 0 Å². The van der Waals surface area contributed by atoms with Crippen LogP contribution in [0.1, 0.15) is 43.7 Å². The molecule has 0 heterocycles. The highest BCUT2D eigenvalue weighted by molar-refractivity contribution is 6.32. The van der Waals surface area contributed by atoms with Crippen LogP contribution in [-0.2, 0) is 11.2 Å². The van der Waals surface area contributed by atoms with Crippen molar-refractivity contribution in [2.75, 3.05) is 7.11 Å². The molecule has 4 heteroatoms. The van der Waals surface area contributed by atoms with Crippen molar-refractivity contribution < 1.29 is 14.6 Å². The first-order valence-corrected chi connectivity index (χ1v) is 6.41. The summed E-state index contributed by atoms with van der Waals surface area (Å²) in [5.41, 5.74) is 2.28. The quantitative estimate of drug-likeness (QED) is 0.853. The van der Waals surface area contributed by atoms with Crippen molar-refractivity contribution >= 4 is 17.6 Å². The van der Waals surface area contributed by atoms with Crippen LogP contribution in [0.2, 0.25) is 5.02 Å². The summed E-state index contributed by atoms with van der Waals surface area (Å²) in [5.74, 6) is 0.263. The van der Waals surface area contributed by atoms with Gasteiger partial charge in [-0.1, -0.05) is 25.4 Å². The third kappa shape index (κ3) is 3.91. The summed E-state index contributed by atoms with van der Waals surface area (Å²) in [7, 11) is 1.59. The Labute approximate surface area is 113 Å². The Morgan fingerprint density at radius 3 is 2.61 bits per heavy atom. The van der Waals surface area contributed by atoms with Gasteiger partial charge in [0.1, 0.15) is 5.75 Å². The standard InChI is InChI=1S/C14H19ClO3/c1-9(2)11-8-13(18-3)12(15)7-10(11)5-4-6-14(16)17/h7-9H,4-6H2,1-3H3,(H,16,17). The van der Waals surface area contributed by atoms with Gasteiger partial charge in [-0.2, -0.15) is 0 Å². The Balaban J connectivity index is 2.94. The fourth-order valence-corrected chi connectivity index (χ4v) is 2.21. The summed E-state index contributed by atoms with van der Waals surface area (Å²) >= 11 is 6.11. The van der Waals surface area contributed by atoms with Crippen LogP contribution in [0.3, 0.4) is 0 Å². The lowest BCUT2D eigenvalue weighted by atomic mass is 9.93. The van der Waals surface area contributed by atoms with E-state index >= 15 is 0 Å². The molecule has 18 heavy (non-hydrogen) atoms. The first-order valence-electron chi connectivity index (χ1n) is 6.03. The molecule has 0 fully saturated rings. The van der Waals surface area contributed by atoms with E-state index in [0.29, 0.717) is 23.1 Å². The number of aliphatic carboxylic acids is 1. The maximum atomic E-state index is 10.5. The van der Waals surface area contributed by atoms with Crippen molar-refractivity contribution in [1.29, 1.82) is 0 Å². The van der Waals surface area contributed by atoms with Crippen LogP contribution in [0.15, 0.2) is 12.1 Å². The molecule has 0 aliphatic carbocycles. The number of hydrogen-bond acceptors (Lipinski definition) is 2. The van der Waals surface area contributed by atoms with Crippen molar-refractivity contribution in [3.8, 4) is 5.75 Å². The number of halogens is 1. The molecule has 0 bridgehead atoms. The van der Waals surface area contributed by atoms with Gasteiger partial charge in [-0.3, -0.25) is 4.79 Å². The monoisotopic (exact) mass is 270 g/mol. The van der Waals surface area contributed by atoms with Gasteiger partial charge < -0.3 is 9.84 Å². The highest BCUT2D eigenvalue weighted by Crippen LogP contribution is 2.32. The summed E-state index contributed by atoms with van der Waals surface area (Å²) in [6.07, 6.45) is 1.53. The van der Waals surface area contributed by atoms with Crippen molar-refractivity contribution in [3.05, 3.63) is 28.3 Å². The van der Waals surface area contributed by atoms with Crippen LogP contribution in [0.4, 0.5) is 0 Å². The fraction of sp³-hybridized carbons (Fsp3) is 0.500. The molecule has 100 valence electrons. The van der Waals surface area contributed by atoms with Gasteiger partial charge in [0.15, 0.2) is 0 Å². The Morgan fingerprint density at radius 2 is 2.11 bits per heavy atom. The molecular weight excluding hydrogens is 252 g/mol. The molecule has 3 nitrogen and oxygen atoms in total. The van der Waals surface area contributed by atoms with E-state index in [1.807, 2.05) is 12.1 Å². The smallest absolute Gasteiger partial charge is 0.303 e. The van der Waals surface area contributed by atoms with Crippen molar-refractivity contribution in [3.63, 3.8) is 0 Å². The minimum atomic E-state index is -0.763. The molecule has 0 aliphatic rings. The number of rotatable bonds is 6. The summed E-state index contributed by atoms with van der Waals surface area (Å²) in [5, 5.41) is 9.24. The molecule has 1 aromatic rings. The van der Waals surface area contributed by atoms with Gasteiger partial charge in [-0.05, 0) is 42.0 Å². The third-order valence-corrected chi connectivity index (χ3v) is 3.17. The number of aryl methyl sites for hydroxylation is 1. The predicted octanol–water partition coefficient (Wildman–Crippen LogP) is 3.88. The second kappa shape index (κ2) is 6.64. The Hall–Kier alpha value is -1.22. The topological polar surface area (TPSA) is 46.5 Å². The molecule has 1 aromatic carbocycles. The molecule has 0 aromatic heterocycles. The largest absolute Gasteiger partial charge is 0.495 e. The van der Waals surface area contributed by atoms with Gasteiger partial charge in [0, 0.05) is 6.42 Å². The van der Waals surface area contributed by atoms with E-state index in [2.05, 4.69) is 13.8 Å². The molecular formula is C14H19ClO3. The first kappa shape index (κ1) is 14.8. The number of carboxylic acid groups (broad SMARTS) is 1. The molecule has 0 spiro atoms. The summed E-state index contributed by atoms with van der Waals surface area (Å²) in [4.78, 5) is 10.5. The second-order valence-electron chi connectivity index (χ2n) is 4.59. The van der Waals surface area contributed by atoms with E-state index < -0.39 is 5.97 Å². The third-order valence-electron chi connectivity index (χ3n) is 2.87. The average molecular weight is 271 g/mol. The molecule has 0 amide bonds. The fourth-order valence-electron chi connectivity index (χ4n) is 1.95. The molecule has 1 rings (SSSR count). The lowest BCUT2D eigenvalue weighted by Crippen LogP contribution is -2.01. The number of carbonyl (C=O) groups is 1. The van der Waals surface area contributed by atoms with Crippen LogP contribution in [0.25, 0.3) is 0 Å². The summed E-state index contributed by atoms with van der Waals surface area (Å²) in [6.45, 7) is 4.20. The van der Waals surface area contributed by atoms with E-state index in [1.165, 1.54) is 5.56 Å². The molecule has 0 aliphatic heterocycles. The highest BCUT2D eigenvalue weighted by atomic mass is 35.5. The Bertz CT molecular complexity index is 427. The molecule has 0 saturated carbocycles. The van der Waals surface area contributed by atoms with Crippen molar-refractivity contribution in [2.24, 2.45) is 0 Å². The van der Waals surface area contributed by atoms with Crippen molar-refractivity contribution in [2.45, 2.75) is 39.0 Å². The average Bonchev–Trinajstić information content (AvgIpc) is 2.28. The SMILES string of the molecule is COc1cc(C(C)C)c(CCCC(=O)O)cc1Cl. The molecule has 0 saturated heterocycles. The zero-order valence-corrected chi connectivity index (χ0v) is 11.8. The second-order valence-corrected chi connectivity index (χ2v) is 4.99. The van der Waals surface area contributed by atoms with Crippen LogP contribution in [0.5, 0.6) is 5.75 Å². The molecule has 0 unspecified atom stereocenters. The zero-order chi connectivity index (χ0) is 13.7.